The molecule has 35 heavy (non-hydrogen) atoms. The number of methoxy groups -OCH3 is 1. The van der Waals surface area contributed by atoms with Gasteiger partial charge in [0, 0.05) is 41.6 Å². The summed E-state index contributed by atoms with van der Waals surface area (Å²) in [7, 11) is -2.01. The van der Waals surface area contributed by atoms with Gasteiger partial charge < -0.3 is 15.8 Å². The summed E-state index contributed by atoms with van der Waals surface area (Å²) in [6.45, 7) is 2.15. The van der Waals surface area contributed by atoms with Crippen LogP contribution in [0.3, 0.4) is 0 Å². The van der Waals surface area contributed by atoms with Crippen molar-refractivity contribution in [2.75, 3.05) is 26.7 Å². The Morgan fingerprint density at radius 3 is 2.63 bits per heavy atom. The van der Waals surface area contributed by atoms with Crippen molar-refractivity contribution >= 4 is 27.3 Å². The number of rotatable bonds is 9. The number of sulfonamides is 1. The predicted molar refractivity (Wildman–Crippen MR) is 140 cm³/mol. The van der Waals surface area contributed by atoms with Crippen LogP contribution in [0, 0.1) is 5.92 Å². The van der Waals surface area contributed by atoms with E-state index in [4.69, 9.17) is 10.5 Å². The first-order valence-corrected chi connectivity index (χ1v) is 14.9. The van der Waals surface area contributed by atoms with E-state index in [0.29, 0.717) is 46.6 Å². The van der Waals surface area contributed by atoms with Crippen LogP contribution in [-0.2, 0) is 16.4 Å². The molecule has 0 bridgehead atoms. The number of carbonyl (C=O) groups is 1. The highest BCUT2D eigenvalue weighted by Crippen LogP contribution is 2.32. The van der Waals surface area contributed by atoms with Crippen molar-refractivity contribution in [1.29, 1.82) is 0 Å². The highest BCUT2D eigenvalue weighted by atomic mass is 32.2. The number of benzene rings is 1. The number of carbonyl (C=O) groups excluding carboxylic acids is 1. The molecule has 2 aliphatic rings. The van der Waals surface area contributed by atoms with Crippen LogP contribution in [0.1, 0.15) is 72.2 Å². The van der Waals surface area contributed by atoms with Gasteiger partial charge in [-0.25, -0.2) is 8.42 Å². The zero-order chi connectivity index (χ0) is 24.8. The maximum absolute atomic E-state index is 13.4. The molecule has 9 heteroatoms. The van der Waals surface area contributed by atoms with Crippen LogP contribution in [-0.4, -0.2) is 51.4 Å². The van der Waals surface area contributed by atoms with Crippen LogP contribution in [0.2, 0.25) is 0 Å². The lowest BCUT2D eigenvalue weighted by Gasteiger charge is -2.25. The second-order valence-electron chi connectivity index (χ2n) is 9.69. The van der Waals surface area contributed by atoms with E-state index in [1.807, 2.05) is 6.07 Å². The molecule has 2 fully saturated rings. The lowest BCUT2D eigenvalue weighted by Crippen LogP contribution is -2.36. The second kappa shape index (κ2) is 11.9. The summed E-state index contributed by atoms with van der Waals surface area (Å²) in [5, 5.41) is 3.73. The number of amides is 1. The summed E-state index contributed by atoms with van der Waals surface area (Å²) in [5.41, 5.74) is 6.62. The van der Waals surface area contributed by atoms with Gasteiger partial charge in [0.25, 0.3) is 10.0 Å². The molecule has 3 N–H and O–H groups in total. The molecule has 192 valence electrons. The molecule has 1 saturated carbocycles. The first kappa shape index (κ1) is 26.1. The van der Waals surface area contributed by atoms with Gasteiger partial charge in [-0.05, 0) is 68.8 Å². The third-order valence-electron chi connectivity index (χ3n) is 7.31. The van der Waals surface area contributed by atoms with E-state index in [-0.39, 0.29) is 0 Å². The maximum Gasteiger partial charge on any atom is 0.252 e. The largest absolute Gasteiger partial charge is 0.496 e. The minimum atomic E-state index is -3.56. The molecule has 1 unspecified atom stereocenters. The summed E-state index contributed by atoms with van der Waals surface area (Å²) in [5.74, 6) is 0.813. The molecule has 2 heterocycles. The first-order valence-electron chi connectivity index (χ1n) is 12.7. The monoisotopic (exact) mass is 519 g/mol. The lowest BCUT2D eigenvalue weighted by molar-refractivity contribution is 0.0999. The SMILES string of the molecule is COc1cccc(C(N)=O)c1Cc1ccc(S(=O)(=O)N2CCCC(NCC3CCCCC3)CC2)s1. The number of primary amides is 1. The molecular weight excluding hydrogens is 482 g/mol. The molecule has 0 radical (unpaired) electrons. The molecule has 1 atom stereocenters. The number of hydrogen-bond donors (Lipinski definition) is 2. The van der Waals surface area contributed by atoms with Crippen LogP contribution >= 0.6 is 11.3 Å². The Balaban J connectivity index is 1.40. The van der Waals surface area contributed by atoms with E-state index in [1.54, 1.807) is 35.7 Å². The van der Waals surface area contributed by atoms with E-state index >= 15 is 0 Å². The number of nitrogens with zero attached hydrogens (tertiary/aromatic N) is 1. The number of ether oxygens (including phenoxy) is 1. The Morgan fingerprint density at radius 1 is 1.09 bits per heavy atom. The van der Waals surface area contributed by atoms with Crippen LogP contribution in [0.4, 0.5) is 0 Å². The number of nitrogens with one attached hydrogen (secondary N) is 1. The standard InChI is InChI=1S/C26H37N3O4S2/c1-33-24-11-5-10-22(26(27)30)23(24)17-21-12-13-25(34-21)35(31,32)29-15-6-9-20(14-16-29)28-18-19-7-3-2-4-8-19/h5,10-13,19-20,28H,2-4,6-9,14-18H2,1H3,(H2,27,30). The van der Waals surface area contributed by atoms with Crippen LogP contribution < -0.4 is 15.8 Å². The Kier molecular flexibility index (Phi) is 8.86. The molecule has 1 aromatic carbocycles. The highest BCUT2D eigenvalue weighted by Gasteiger charge is 2.29. The summed E-state index contributed by atoms with van der Waals surface area (Å²) < 4.78 is 34.3. The second-order valence-corrected chi connectivity index (χ2v) is 13.0. The van der Waals surface area contributed by atoms with Gasteiger partial charge in [0.2, 0.25) is 5.91 Å². The third kappa shape index (κ3) is 6.44. The van der Waals surface area contributed by atoms with E-state index in [2.05, 4.69) is 5.32 Å². The molecule has 2 aromatic rings. The Labute approximate surface area is 213 Å². The zero-order valence-electron chi connectivity index (χ0n) is 20.5. The van der Waals surface area contributed by atoms with Gasteiger partial charge in [-0.3, -0.25) is 4.79 Å². The fourth-order valence-electron chi connectivity index (χ4n) is 5.30. The summed E-state index contributed by atoms with van der Waals surface area (Å²) in [6, 6.07) is 9.06. The van der Waals surface area contributed by atoms with Gasteiger partial charge >= 0.3 is 0 Å². The summed E-state index contributed by atoms with van der Waals surface area (Å²) in [4.78, 5) is 12.8. The molecule has 4 rings (SSSR count). The van der Waals surface area contributed by atoms with E-state index in [9.17, 15) is 13.2 Å². The van der Waals surface area contributed by atoms with Gasteiger partial charge in [0.15, 0.2) is 0 Å². The predicted octanol–water partition coefficient (Wildman–Crippen LogP) is 4.16. The minimum absolute atomic E-state index is 0.344. The molecule has 1 aliphatic heterocycles. The molecule has 1 saturated heterocycles. The van der Waals surface area contributed by atoms with E-state index in [1.165, 1.54) is 43.4 Å². The van der Waals surface area contributed by atoms with Crippen molar-refractivity contribution < 1.29 is 17.9 Å². The minimum Gasteiger partial charge on any atom is -0.496 e. The van der Waals surface area contributed by atoms with Crippen LogP contribution in [0.5, 0.6) is 5.75 Å². The fourth-order valence-corrected chi connectivity index (χ4v) is 8.32. The van der Waals surface area contributed by atoms with Crippen molar-refractivity contribution in [3.05, 3.63) is 46.3 Å². The maximum atomic E-state index is 13.4. The third-order valence-corrected chi connectivity index (χ3v) is 10.8. The Bertz CT molecular complexity index is 1110. The number of hydrogen-bond acceptors (Lipinski definition) is 6. The fraction of sp³-hybridized carbons (Fsp3) is 0.577. The van der Waals surface area contributed by atoms with Crippen LogP contribution in [0.15, 0.2) is 34.5 Å². The molecule has 1 amide bonds. The van der Waals surface area contributed by atoms with E-state index in [0.717, 1.165) is 36.6 Å². The lowest BCUT2D eigenvalue weighted by atomic mass is 9.89. The average Bonchev–Trinajstić information content (AvgIpc) is 3.20. The highest BCUT2D eigenvalue weighted by molar-refractivity contribution is 7.91. The number of nitrogens with two attached hydrogens (primary N) is 1. The van der Waals surface area contributed by atoms with Gasteiger partial charge in [-0.2, -0.15) is 4.31 Å². The molecule has 7 nitrogen and oxygen atoms in total. The van der Waals surface area contributed by atoms with Crippen molar-refractivity contribution in [2.24, 2.45) is 11.7 Å². The quantitative estimate of drug-likeness (QED) is 0.518. The molecule has 0 spiro atoms. The number of thiophene rings is 1. The van der Waals surface area contributed by atoms with Gasteiger partial charge in [-0.15, -0.1) is 11.3 Å². The van der Waals surface area contributed by atoms with Crippen molar-refractivity contribution in [3.8, 4) is 5.75 Å². The first-order chi connectivity index (χ1) is 16.9. The van der Waals surface area contributed by atoms with Gasteiger partial charge in [-0.1, -0.05) is 25.3 Å². The normalized spacial score (nSPS) is 20.4. The molecule has 1 aliphatic carbocycles. The Hall–Kier alpha value is -1.94. The Morgan fingerprint density at radius 2 is 1.89 bits per heavy atom. The van der Waals surface area contributed by atoms with Crippen molar-refractivity contribution in [2.45, 2.75) is 68.0 Å². The molecular formula is C26H37N3O4S2. The van der Waals surface area contributed by atoms with Crippen molar-refractivity contribution in [3.63, 3.8) is 0 Å². The zero-order valence-corrected chi connectivity index (χ0v) is 22.1. The smallest absolute Gasteiger partial charge is 0.252 e. The summed E-state index contributed by atoms with van der Waals surface area (Å²) in [6.07, 6.45) is 9.78. The average molecular weight is 520 g/mol. The molecule has 1 aromatic heterocycles. The topological polar surface area (TPSA) is 102 Å². The van der Waals surface area contributed by atoms with Gasteiger partial charge in [0.1, 0.15) is 9.96 Å². The van der Waals surface area contributed by atoms with E-state index < -0.39 is 15.9 Å². The van der Waals surface area contributed by atoms with Crippen molar-refractivity contribution in [1.82, 2.24) is 9.62 Å². The van der Waals surface area contributed by atoms with Crippen LogP contribution in [0.25, 0.3) is 0 Å². The summed E-state index contributed by atoms with van der Waals surface area (Å²) >= 11 is 1.25. The van der Waals surface area contributed by atoms with Gasteiger partial charge in [0.05, 0.1) is 7.11 Å².